The van der Waals surface area contributed by atoms with Crippen LogP contribution in [-0.2, 0) is 6.42 Å². The maximum Gasteiger partial charge on any atom is 0.251 e. The van der Waals surface area contributed by atoms with E-state index in [0.717, 1.165) is 12.0 Å². The third-order valence-corrected chi connectivity index (χ3v) is 2.37. The minimum Gasteiger partial charge on any atom is -0.352 e. The highest BCUT2D eigenvalue weighted by Gasteiger charge is 2.05. The largest absolute Gasteiger partial charge is 0.352 e. The van der Waals surface area contributed by atoms with E-state index in [0.29, 0.717) is 11.4 Å². The highest BCUT2D eigenvalue weighted by Crippen LogP contribution is 2.11. The minimum atomic E-state index is 0.00146. The molecule has 0 aliphatic heterocycles. The molecule has 1 N–H and O–H groups in total. The Morgan fingerprint density at radius 3 is 2.87 bits per heavy atom. The standard InChI is InChI=1S/C12H16BrNO/c1-3-14-12(15)11-6-4-5-10(8-11)7-9(2)13/h4-6,8-9H,3,7H2,1-2H3,(H,14,15). The zero-order valence-electron chi connectivity index (χ0n) is 9.09. The van der Waals surface area contributed by atoms with Crippen molar-refractivity contribution in [2.24, 2.45) is 0 Å². The van der Waals surface area contributed by atoms with Crippen LogP contribution in [0.5, 0.6) is 0 Å². The van der Waals surface area contributed by atoms with Gasteiger partial charge >= 0.3 is 0 Å². The molecule has 0 bridgehead atoms. The Kier molecular flexibility index (Phi) is 4.82. The minimum absolute atomic E-state index is 0.00146. The zero-order valence-corrected chi connectivity index (χ0v) is 10.7. The van der Waals surface area contributed by atoms with Crippen LogP contribution in [0.2, 0.25) is 0 Å². The first-order valence-electron chi connectivity index (χ1n) is 5.14. The molecule has 1 aromatic carbocycles. The Hall–Kier alpha value is -0.830. The molecule has 15 heavy (non-hydrogen) atoms. The number of amides is 1. The fraction of sp³-hybridized carbons (Fsp3) is 0.417. The first kappa shape index (κ1) is 12.2. The van der Waals surface area contributed by atoms with Crippen molar-refractivity contribution in [3.05, 3.63) is 35.4 Å². The number of nitrogens with one attached hydrogen (secondary N) is 1. The van der Waals surface area contributed by atoms with Gasteiger partial charge in [-0.15, -0.1) is 0 Å². The van der Waals surface area contributed by atoms with E-state index in [-0.39, 0.29) is 5.91 Å². The van der Waals surface area contributed by atoms with Gasteiger partial charge in [-0.2, -0.15) is 0 Å². The van der Waals surface area contributed by atoms with Gasteiger partial charge in [-0.25, -0.2) is 0 Å². The number of hydrogen-bond acceptors (Lipinski definition) is 1. The van der Waals surface area contributed by atoms with Crippen molar-refractivity contribution in [1.82, 2.24) is 5.32 Å². The van der Waals surface area contributed by atoms with Crippen molar-refractivity contribution >= 4 is 21.8 Å². The average molecular weight is 270 g/mol. The van der Waals surface area contributed by atoms with E-state index in [1.54, 1.807) is 0 Å². The van der Waals surface area contributed by atoms with E-state index in [4.69, 9.17) is 0 Å². The van der Waals surface area contributed by atoms with Crippen LogP contribution in [0.3, 0.4) is 0 Å². The molecule has 0 aliphatic carbocycles. The number of carbonyl (C=O) groups is 1. The van der Waals surface area contributed by atoms with Crippen LogP contribution in [0.25, 0.3) is 0 Å². The number of benzene rings is 1. The monoisotopic (exact) mass is 269 g/mol. The topological polar surface area (TPSA) is 29.1 Å². The maximum absolute atomic E-state index is 11.6. The van der Waals surface area contributed by atoms with Crippen molar-refractivity contribution in [1.29, 1.82) is 0 Å². The lowest BCUT2D eigenvalue weighted by atomic mass is 10.1. The van der Waals surface area contributed by atoms with E-state index in [2.05, 4.69) is 28.2 Å². The molecule has 1 atom stereocenters. The smallest absolute Gasteiger partial charge is 0.251 e. The lowest BCUT2D eigenvalue weighted by molar-refractivity contribution is 0.0955. The first-order chi connectivity index (χ1) is 7.13. The second-order valence-corrected chi connectivity index (χ2v) is 5.11. The summed E-state index contributed by atoms with van der Waals surface area (Å²) in [5.41, 5.74) is 1.92. The van der Waals surface area contributed by atoms with Gasteiger partial charge in [-0.3, -0.25) is 4.79 Å². The predicted molar refractivity (Wildman–Crippen MR) is 66.5 cm³/mol. The van der Waals surface area contributed by atoms with E-state index in [1.165, 1.54) is 5.56 Å². The van der Waals surface area contributed by atoms with Crippen LogP contribution in [-0.4, -0.2) is 17.3 Å². The quantitative estimate of drug-likeness (QED) is 0.837. The number of hydrogen-bond donors (Lipinski definition) is 1. The molecule has 1 unspecified atom stereocenters. The van der Waals surface area contributed by atoms with Gasteiger partial charge in [0, 0.05) is 16.9 Å². The molecule has 0 aromatic heterocycles. The summed E-state index contributed by atoms with van der Waals surface area (Å²) in [7, 11) is 0. The molecule has 0 saturated heterocycles. The van der Waals surface area contributed by atoms with Crippen molar-refractivity contribution in [2.75, 3.05) is 6.54 Å². The lowest BCUT2D eigenvalue weighted by Crippen LogP contribution is -2.22. The second-order valence-electron chi connectivity index (χ2n) is 3.54. The Morgan fingerprint density at radius 2 is 2.27 bits per heavy atom. The van der Waals surface area contributed by atoms with Gasteiger partial charge in [-0.1, -0.05) is 35.0 Å². The van der Waals surface area contributed by atoms with Crippen LogP contribution in [0.1, 0.15) is 29.8 Å². The molecule has 1 rings (SSSR count). The zero-order chi connectivity index (χ0) is 11.3. The summed E-state index contributed by atoms with van der Waals surface area (Å²) < 4.78 is 0. The van der Waals surface area contributed by atoms with Crippen LogP contribution < -0.4 is 5.32 Å². The van der Waals surface area contributed by atoms with Crippen LogP contribution in [0.15, 0.2) is 24.3 Å². The highest BCUT2D eigenvalue weighted by molar-refractivity contribution is 9.09. The summed E-state index contributed by atoms with van der Waals surface area (Å²) in [5, 5.41) is 2.79. The van der Waals surface area contributed by atoms with Gasteiger partial charge in [0.05, 0.1) is 0 Å². The Labute approximate surface area is 99.2 Å². The number of rotatable bonds is 4. The lowest BCUT2D eigenvalue weighted by Gasteiger charge is -2.06. The Bertz CT molecular complexity index is 336. The van der Waals surface area contributed by atoms with Crippen LogP contribution in [0.4, 0.5) is 0 Å². The summed E-state index contributed by atoms with van der Waals surface area (Å²) in [5.74, 6) is 0.00146. The molecule has 2 nitrogen and oxygen atoms in total. The van der Waals surface area contributed by atoms with Gasteiger partial charge in [0.25, 0.3) is 5.91 Å². The summed E-state index contributed by atoms with van der Waals surface area (Å²) in [4.78, 5) is 12.0. The number of halogens is 1. The van der Waals surface area contributed by atoms with Crippen LogP contribution in [0, 0.1) is 0 Å². The third-order valence-electron chi connectivity index (χ3n) is 2.04. The fourth-order valence-corrected chi connectivity index (χ4v) is 1.80. The number of carbonyl (C=O) groups excluding carboxylic acids is 1. The van der Waals surface area contributed by atoms with E-state index in [9.17, 15) is 4.79 Å². The third kappa shape index (κ3) is 4.04. The second kappa shape index (κ2) is 5.91. The van der Waals surface area contributed by atoms with Crippen LogP contribution >= 0.6 is 15.9 Å². The fourth-order valence-electron chi connectivity index (χ4n) is 1.43. The Morgan fingerprint density at radius 1 is 1.53 bits per heavy atom. The SMILES string of the molecule is CCNC(=O)c1cccc(CC(C)Br)c1. The predicted octanol–water partition coefficient (Wildman–Crippen LogP) is 2.76. The molecule has 3 heteroatoms. The summed E-state index contributed by atoms with van der Waals surface area (Å²) in [6.45, 7) is 4.68. The molecular formula is C12H16BrNO. The molecule has 0 spiro atoms. The molecule has 0 radical (unpaired) electrons. The first-order valence-corrected chi connectivity index (χ1v) is 6.06. The normalized spacial score (nSPS) is 12.2. The van der Waals surface area contributed by atoms with Gasteiger partial charge in [0.15, 0.2) is 0 Å². The van der Waals surface area contributed by atoms with E-state index in [1.807, 2.05) is 31.2 Å². The van der Waals surface area contributed by atoms with E-state index >= 15 is 0 Å². The molecule has 0 saturated carbocycles. The average Bonchev–Trinajstić information content (AvgIpc) is 2.17. The number of alkyl halides is 1. The van der Waals surface area contributed by atoms with Crippen molar-refractivity contribution in [3.8, 4) is 0 Å². The van der Waals surface area contributed by atoms with Gasteiger partial charge < -0.3 is 5.32 Å². The van der Waals surface area contributed by atoms with Crippen molar-refractivity contribution < 1.29 is 4.79 Å². The summed E-state index contributed by atoms with van der Waals surface area (Å²) in [6.07, 6.45) is 0.938. The molecule has 0 aliphatic rings. The van der Waals surface area contributed by atoms with Gasteiger partial charge in [0.2, 0.25) is 0 Å². The molecule has 1 amide bonds. The van der Waals surface area contributed by atoms with E-state index < -0.39 is 0 Å². The molecular weight excluding hydrogens is 254 g/mol. The Balaban J connectivity index is 2.78. The van der Waals surface area contributed by atoms with Gasteiger partial charge in [-0.05, 0) is 31.0 Å². The highest BCUT2D eigenvalue weighted by atomic mass is 79.9. The van der Waals surface area contributed by atoms with Crippen molar-refractivity contribution in [2.45, 2.75) is 25.1 Å². The molecule has 0 heterocycles. The maximum atomic E-state index is 11.6. The molecule has 0 fully saturated rings. The molecule has 82 valence electrons. The van der Waals surface area contributed by atoms with Crippen molar-refractivity contribution in [3.63, 3.8) is 0 Å². The summed E-state index contributed by atoms with van der Waals surface area (Å²) in [6, 6.07) is 7.76. The van der Waals surface area contributed by atoms with Gasteiger partial charge in [0.1, 0.15) is 0 Å². The molecule has 1 aromatic rings. The summed E-state index contributed by atoms with van der Waals surface area (Å²) >= 11 is 3.50.